The number of rotatable bonds is 3. The van der Waals surface area contributed by atoms with Crippen LogP contribution in [-0.2, 0) is 0 Å². The first kappa shape index (κ1) is 21.0. The number of aromatic nitrogens is 3. The second-order valence-corrected chi connectivity index (χ2v) is 9.69. The van der Waals surface area contributed by atoms with Crippen molar-refractivity contribution in [2.24, 2.45) is 0 Å². The maximum absolute atomic E-state index is 4.70. The summed E-state index contributed by atoms with van der Waals surface area (Å²) >= 11 is 0. The Labute approximate surface area is 219 Å². The van der Waals surface area contributed by atoms with E-state index >= 15 is 0 Å². The zero-order valence-electron chi connectivity index (χ0n) is 20.6. The van der Waals surface area contributed by atoms with E-state index in [9.17, 15) is 0 Å². The Morgan fingerprint density at radius 2 is 0.868 bits per heavy atom. The number of hydrogen-bond donors (Lipinski definition) is 0. The van der Waals surface area contributed by atoms with Gasteiger partial charge in [-0.05, 0) is 65.7 Å². The van der Waals surface area contributed by atoms with Gasteiger partial charge in [0.15, 0.2) is 0 Å². The predicted octanol–water partition coefficient (Wildman–Crippen LogP) is 8.94. The molecular formula is C35H23N3. The summed E-state index contributed by atoms with van der Waals surface area (Å²) in [5.74, 6) is 0. The molecule has 8 aromatic rings. The van der Waals surface area contributed by atoms with Gasteiger partial charge in [0.2, 0.25) is 0 Å². The lowest BCUT2D eigenvalue weighted by atomic mass is 10.0. The van der Waals surface area contributed by atoms with Crippen molar-refractivity contribution in [1.82, 2.24) is 14.1 Å². The highest BCUT2D eigenvalue weighted by molar-refractivity contribution is 6.09. The molecule has 3 heterocycles. The van der Waals surface area contributed by atoms with Crippen LogP contribution in [0, 0.1) is 0 Å². The molecule has 0 aliphatic carbocycles. The number of para-hydroxylation sites is 3. The summed E-state index contributed by atoms with van der Waals surface area (Å²) in [5.41, 5.74) is 10.4. The molecule has 0 saturated heterocycles. The molecule has 0 saturated carbocycles. The summed E-state index contributed by atoms with van der Waals surface area (Å²) in [5, 5.41) is 3.72. The van der Waals surface area contributed by atoms with Crippen molar-refractivity contribution in [3.63, 3.8) is 0 Å². The second kappa shape index (κ2) is 8.19. The van der Waals surface area contributed by atoms with Crippen molar-refractivity contribution >= 4 is 43.7 Å². The highest BCUT2D eigenvalue weighted by atomic mass is 15.0. The third kappa shape index (κ3) is 3.06. The molecule has 3 nitrogen and oxygen atoms in total. The number of fused-ring (bicyclic) bond motifs is 6. The summed E-state index contributed by atoms with van der Waals surface area (Å²) in [6.45, 7) is 0. The fourth-order valence-electron chi connectivity index (χ4n) is 5.91. The van der Waals surface area contributed by atoms with E-state index in [4.69, 9.17) is 4.98 Å². The summed E-state index contributed by atoms with van der Waals surface area (Å²) < 4.78 is 4.69. The molecule has 0 N–H and O–H groups in total. The molecule has 0 amide bonds. The quantitative estimate of drug-likeness (QED) is 0.245. The minimum absolute atomic E-state index is 1.03. The Bertz CT molecular complexity index is 1880. The molecule has 0 aliphatic rings. The Morgan fingerprint density at radius 3 is 1.47 bits per heavy atom. The van der Waals surface area contributed by atoms with Crippen LogP contribution < -0.4 is 0 Å². The van der Waals surface area contributed by atoms with Crippen molar-refractivity contribution in [1.29, 1.82) is 0 Å². The van der Waals surface area contributed by atoms with Gasteiger partial charge in [-0.1, -0.05) is 78.9 Å². The molecule has 0 radical (unpaired) electrons. The molecule has 178 valence electrons. The average Bonchev–Trinajstić information content (AvgIpc) is 3.51. The van der Waals surface area contributed by atoms with Crippen LogP contribution in [0.25, 0.3) is 66.2 Å². The Balaban J connectivity index is 1.32. The van der Waals surface area contributed by atoms with Crippen LogP contribution in [0.3, 0.4) is 0 Å². The first-order chi connectivity index (χ1) is 18.9. The first-order valence-corrected chi connectivity index (χ1v) is 12.9. The molecule has 0 atom stereocenters. The molecule has 8 rings (SSSR count). The monoisotopic (exact) mass is 485 g/mol. The van der Waals surface area contributed by atoms with Crippen molar-refractivity contribution < 1.29 is 0 Å². The summed E-state index contributed by atoms with van der Waals surface area (Å²) in [4.78, 5) is 4.70. The average molecular weight is 486 g/mol. The molecule has 0 unspecified atom stereocenters. The second-order valence-electron chi connectivity index (χ2n) is 9.69. The lowest BCUT2D eigenvalue weighted by Gasteiger charge is -2.12. The van der Waals surface area contributed by atoms with Gasteiger partial charge in [0.1, 0.15) is 0 Å². The van der Waals surface area contributed by atoms with E-state index in [-0.39, 0.29) is 0 Å². The van der Waals surface area contributed by atoms with Crippen LogP contribution >= 0.6 is 0 Å². The third-order valence-corrected chi connectivity index (χ3v) is 7.55. The molecule has 38 heavy (non-hydrogen) atoms. The van der Waals surface area contributed by atoms with E-state index in [0.717, 1.165) is 27.9 Å². The number of benzene rings is 5. The fraction of sp³-hybridized carbons (Fsp3) is 0. The lowest BCUT2D eigenvalue weighted by molar-refractivity contribution is 1.17. The van der Waals surface area contributed by atoms with Crippen LogP contribution in [-0.4, -0.2) is 14.1 Å². The lowest BCUT2D eigenvalue weighted by Crippen LogP contribution is -1.96. The van der Waals surface area contributed by atoms with Crippen molar-refractivity contribution in [3.8, 4) is 22.5 Å². The standard InChI is InChI=1S/C35H23N3/c1-4-17-31-28(14-1)29-15-2-5-18-32(29)37(31)26-12-7-10-24(22-26)25-11-8-13-27(23-25)38-33-19-6-3-16-30(33)35-34(38)20-9-21-36-35/h1-23H. The van der Waals surface area contributed by atoms with Gasteiger partial charge >= 0.3 is 0 Å². The SMILES string of the molecule is c1cc(-c2cccc(-n3c4ccccc4c4ncccc43)c2)cc(-n2c3ccccc3c3ccccc32)c1. The van der Waals surface area contributed by atoms with Crippen LogP contribution in [0.5, 0.6) is 0 Å². The van der Waals surface area contributed by atoms with Crippen LogP contribution in [0.15, 0.2) is 140 Å². The molecule has 3 heteroatoms. The van der Waals surface area contributed by atoms with Gasteiger partial charge in [0.25, 0.3) is 0 Å². The van der Waals surface area contributed by atoms with E-state index in [1.807, 2.05) is 12.3 Å². The smallest absolute Gasteiger partial charge is 0.0963 e. The van der Waals surface area contributed by atoms with Gasteiger partial charge in [-0.15, -0.1) is 0 Å². The van der Waals surface area contributed by atoms with Gasteiger partial charge in [-0.2, -0.15) is 0 Å². The molecular weight excluding hydrogens is 462 g/mol. The topological polar surface area (TPSA) is 22.8 Å². The Hall–Kier alpha value is -5.15. The predicted molar refractivity (Wildman–Crippen MR) is 158 cm³/mol. The zero-order valence-corrected chi connectivity index (χ0v) is 20.6. The molecule has 0 fully saturated rings. The maximum atomic E-state index is 4.70. The van der Waals surface area contributed by atoms with Gasteiger partial charge in [0, 0.05) is 33.7 Å². The van der Waals surface area contributed by atoms with Crippen LogP contribution in [0.4, 0.5) is 0 Å². The molecule has 3 aromatic heterocycles. The number of nitrogens with zero attached hydrogens (tertiary/aromatic N) is 3. The fourth-order valence-corrected chi connectivity index (χ4v) is 5.91. The zero-order chi connectivity index (χ0) is 25.1. The Morgan fingerprint density at radius 1 is 0.395 bits per heavy atom. The minimum atomic E-state index is 1.03. The summed E-state index contributed by atoms with van der Waals surface area (Å²) in [6.07, 6.45) is 1.87. The third-order valence-electron chi connectivity index (χ3n) is 7.55. The molecule has 0 spiro atoms. The summed E-state index contributed by atoms with van der Waals surface area (Å²) in [7, 11) is 0. The minimum Gasteiger partial charge on any atom is -0.309 e. The van der Waals surface area contributed by atoms with Gasteiger partial charge < -0.3 is 9.13 Å². The largest absolute Gasteiger partial charge is 0.309 e. The van der Waals surface area contributed by atoms with Gasteiger partial charge in [-0.25, -0.2) is 0 Å². The summed E-state index contributed by atoms with van der Waals surface area (Å²) in [6, 6.07) is 47.6. The van der Waals surface area contributed by atoms with E-state index < -0.39 is 0 Å². The van der Waals surface area contributed by atoms with Gasteiger partial charge in [-0.3, -0.25) is 4.98 Å². The Kier molecular flexibility index (Phi) is 4.52. The van der Waals surface area contributed by atoms with E-state index in [1.165, 1.54) is 38.3 Å². The van der Waals surface area contributed by atoms with E-state index in [0.29, 0.717) is 0 Å². The van der Waals surface area contributed by atoms with Crippen LogP contribution in [0.2, 0.25) is 0 Å². The van der Waals surface area contributed by atoms with E-state index in [2.05, 4.69) is 137 Å². The van der Waals surface area contributed by atoms with Crippen molar-refractivity contribution in [3.05, 3.63) is 140 Å². The van der Waals surface area contributed by atoms with Crippen molar-refractivity contribution in [2.45, 2.75) is 0 Å². The van der Waals surface area contributed by atoms with Crippen molar-refractivity contribution in [2.75, 3.05) is 0 Å². The highest BCUT2D eigenvalue weighted by Gasteiger charge is 2.14. The van der Waals surface area contributed by atoms with E-state index in [1.54, 1.807) is 0 Å². The molecule has 0 aliphatic heterocycles. The molecule has 5 aromatic carbocycles. The van der Waals surface area contributed by atoms with Crippen LogP contribution in [0.1, 0.15) is 0 Å². The van der Waals surface area contributed by atoms with Gasteiger partial charge in [0.05, 0.1) is 27.6 Å². The molecule has 0 bridgehead atoms. The highest BCUT2D eigenvalue weighted by Crippen LogP contribution is 2.35. The first-order valence-electron chi connectivity index (χ1n) is 12.9. The maximum Gasteiger partial charge on any atom is 0.0963 e. The number of hydrogen-bond acceptors (Lipinski definition) is 1. The number of pyridine rings is 1. The normalized spacial score (nSPS) is 11.7.